The largest absolute Gasteiger partial charge is 0.224 e. The van der Waals surface area contributed by atoms with Gasteiger partial charge in [0, 0.05) is 4.75 Å². The molecule has 1 aromatic rings. The first-order valence-electron chi connectivity index (χ1n) is 6.56. The maximum absolute atomic E-state index is 12.4. The highest BCUT2D eigenvalue weighted by Gasteiger charge is 2.28. The summed E-state index contributed by atoms with van der Waals surface area (Å²) in [6, 6.07) is 7.10. The van der Waals surface area contributed by atoms with Gasteiger partial charge in [-0.1, -0.05) is 31.5 Å². The molecule has 0 unspecified atom stereocenters. The molecule has 108 valence electrons. The number of aryl methyl sites for hydroxylation is 1. The van der Waals surface area contributed by atoms with Gasteiger partial charge in [0.2, 0.25) is 0 Å². The lowest BCUT2D eigenvalue weighted by Gasteiger charge is -2.24. The van der Waals surface area contributed by atoms with Crippen molar-refractivity contribution in [1.29, 1.82) is 0 Å². The van der Waals surface area contributed by atoms with E-state index in [1.807, 2.05) is 32.9 Å². The van der Waals surface area contributed by atoms with Gasteiger partial charge in [0.15, 0.2) is 9.84 Å². The third kappa shape index (κ3) is 5.57. The van der Waals surface area contributed by atoms with E-state index in [2.05, 4.69) is 13.8 Å². The van der Waals surface area contributed by atoms with E-state index in [0.717, 1.165) is 11.3 Å². The van der Waals surface area contributed by atoms with Crippen molar-refractivity contribution in [2.45, 2.75) is 44.3 Å². The average molecular weight is 300 g/mol. The lowest BCUT2D eigenvalue weighted by atomic mass is 10.2. The first-order valence-corrected chi connectivity index (χ1v) is 9.19. The van der Waals surface area contributed by atoms with Crippen LogP contribution in [0.15, 0.2) is 29.2 Å². The molecule has 0 spiro atoms. The highest BCUT2D eigenvalue weighted by molar-refractivity contribution is 8.02. The Hall–Kier alpha value is -0.480. The van der Waals surface area contributed by atoms with Crippen molar-refractivity contribution in [3.8, 4) is 0 Å². The molecule has 0 N–H and O–H groups in total. The summed E-state index contributed by atoms with van der Waals surface area (Å²) in [5, 5.41) is 0. The van der Waals surface area contributed by atoms with Crippen molar-refractivity contribution >= 4 is 21.6 Å². The number of hydrogen-bond acceptors (Lipinski definition) is 3. The maximum Gasteiger partial charge on any atom is 0.179 e. The van der Waals surface area contributed by atoms with Crippen molar-refractivity contribution in [1.82, 2.24) is 0 Å². The third-order valence-electron chi connectivity index (χ3n) is 2.73. The third-order valence-corrected chi connectivity index (χ3v) is 6.76. The van der Waals surface area contributed by atoms with Crippen molar-refractivity contribution < 1.29 is 8.42 Å². The predicted molar refractivity (Wildman–Crippen MR) is 84.6 cm³/mol. The summed E-state index contributed by atoms with van der Waals surface area (Å²) in [5.41, 5.74) is 1.08. The Morgan fingerprint density at radius 1 is 1.16 bits per heavy atom. The van der Waals surface area contributed by atoms with Crippen LogP contribution in [0.25, 0.3) is 0 Å². The molecular weight excluding hydrogens is 276 g/mol. The Kier molecular flexibility index (Phi) is 5.51. The van der Waals surface area contributed by atoms with E-state index in [0.29, 0.717) is 10.8 Å². The van der Waals surface area contributed by atoms with Gasteiger partial charge in [0.1, 0.15) is 0 Å². The zero-order valence-corrected chi connectivity index (χ0v) is 14.1. The standard InChI is InChI=1S/C15H24O2S2/c1-12(2)10-18-15(4,5)11-19(16,17)14-8-6-13(3)7-9-14/h6-9,12H,10-11H2,1-5H3. The van der Waals surface area contributed by atoms with E-state index < -0.39 is 9.84 Å². The van der Waals surface area contributed by atoms with E-state index >= 15 is 0 Å². The molecule has 19 heavy (non-hydrogen) atoms. The molecule has 1 rings (SSSR count). The van der Waals surface area contributed by atoms with Gasteiger partial charge in [-0.15, -0.1) is 0 Å². The summed E-state index contributed by atoms with van der Waals surface area (Å²) in [6.07, 6.45) is 0. The van der Waals surface area contributed by atoms with Crippen LogP contribution >= 0.6 is 11.8 Å². The number of hydrogen-bond donors (Lipinski definition) is 0. The SMILES string of the molecule is Cc1ccc(S(=O)(=O)CC(C)(C)SCC(C)C)cc1. The number of benzene rings is 1. The molecule has 0 atom stereocenters. The Bertz CT molecular complexity index is 499. The molecule has 0 bridgehead atoms. The van der Waals surface area contributed by atoms with E-state index in [1.54, 1.807) is 23.9 Å². The van der Waals surface area contributed by atoms with Gasteiger partial charge in [-0.3, -0.25) is 0 Å². The summed E-state index contributed by atoms with van der Waals surface area (Å²) in [5.74, 6) is 1.74. The van der Waals surface area contributed by atoms with Gasteiger partial charge in [0.05, 0.1) is 10.6 Å². The second kappa shape index (κ2) is 6.31. The van der Waals surface area contributed by atoms with Crippen LogP contribution in [0.1, 0.15) is 33.3 Å². The van der Waals surface area contributed by atoms with E-state index in [-0.39, 0.29) is 10.5 Å². The summed E-state index contributed by atoms with van der Waals surface area (Å²) < 4.78 is 24.5. The topological polar surface area (TPSA) is 34.1 Å². The Morgan fingerprint density at radius 2 is 1.68 bits per heavy atom. The Balaban J connectivity index is 2.81. The predicted octanol–water partition coefficient (Wildman–Crippen LogP) is 3.94. The van der Waals surface area contributed by atoms with Crippen LogP contribution < -0.4 is 0 Å². The highest BCUT2D eigenvalue weighted by Crippen LogP contribution is 2.30. The van der Waals surface area contributed by atoms with Crippen LogP contribution in [0.3, 0.4) is 0 Å². The first-order chi connectivity index (χ1) is 8.62. The van der Waals surface area contributed by atoms with Gasteiger partial charge in [0.25, 0.3) is 0 Å². The minimum Gasteiger partial charge on any atom is -0.224 e. The van der Waals surface area contributed by atoms with Crippen LogP contribution in [0, 0.1) is 12.8 Å². The molecule has 0 aromatic heterocycles. The van der Waals surface area contributed by atoms with Gasteiger partial charge < -0.3 is 0 Å². The van der Waals surface area contributed by atoms with Crippen LogP contribution in [0.4, 0.5) is 0 Å². The van der Waals surface area contributed by atoms with Crippen LogP contribution in [-0.2, 0) is 9.84 Å². The van der Waals surface area contributed by atoms with Gasteiger partial charge in [-0.05, 0) is 44.6 Å². The molecule has 0 saturated carbocycles. The van der Waals surface area contributed by atoms with Crippen molar-refractivity contribution in [3.63, 3.8) is 0 Å². The summed E-state index contributed by atoms with van der Waals surface area (Å²) >= 11 is 1.73. The van der Waals surface area contributed by atoms with Crippen LogP contribution in [0.2, 0.25) is 0 Å². The fourth-order valence-electron chi connectivity index (χ4n) is 1.72. The molecule has 4 heteroatoms. The number of sulfone groups is 1. The molecule has 0 aliphatic rings. The lowest BCUT2D eigenvalue weighted by molar-refractivity contribution is 0.587. The van der Waals surface area contributed by atoms with Gasteiger partial charge in [-0.2, -0.15) is 11.8 Å². The van der Waals surface area contributed by atoms with Gasteiger partial charge in [-0.25, -0.2) is 8.42 Å². The molecular formula is C15H24O2S2. The minimum absolute atomic E-state index is 0.181. The number of thioether (sulfide) groups is 1. The summed E-state index contributed by atoms with van der Waals surface area (Å²) in [6.45, 7) is 10.3. The van der Waals surface area contributed by atoms with Crippen molar-refractivity contribution in [2.75, 3.05) is 11.5 Å². The number of rotatable bonds is 6. The molecule has 0 amide bonds. The van der Waals surface area contributed by atoms with E-state index in [1.165, 1.54) is 0 Å². The van der Waals surface area contributed by atoms with Gasteiger partial charge >= 0.3 is 0 Å². The Labute approximate surface area is 121 Å². The first kappa shape index (κ1) is 16.6. The van der Waals surface area contributed by atoms with E-state index in [9.17, 15) is 8.42 Å². The van der Waals surface area contributed by atoms with Crippen LogP contribution in [-0.4, -0.2) is 24.7 Å². The molecule has 0 fully saturated rings. The fourth-order valence-corrected chi connectivity index (χ4v) is 4.94. The lowest BCUT2D eigenvalue weighted by Crippen LogP contribution is -2.28. The monoisotopic (exact) mass is 300 g/mol. The molecule has 1 aromatic carbocycles. The molecule has 0 heterocycles. The zero-order chi connectivity index (χ0) is 14.7. The normalized spacial score (nSPS) is 12.9. The second-order valence-corrected chi connectivity index (χ2v) is 9.75. The summed E-state index contributed by atoms with van der Waals surface area (Å²) in [7, 11) is -3.20. The zero-order valence-electron chi connectivity index (χ0n) is 12.4. The van der Waals surface area contributed by atoms with E-state index in [4.69, 9.17) is 0 Å². The van der Waals surface area contributed by atoms with Crippen molar-refractivity contribution in [2.24, 2.45) is 5.92 Å². The minimum atomic E-state index is -3.20. The Morgan fingerprint density at radius 3 is 2.16 bits per heavy atom. The van der Waals surface area contributed by atoms with Crippen LogP contribution in [0.5, 0.6) is 0 Å². The van der Waals surface area contributed by atoms with Crippen molar-refractivity contribution in [3.05, 3.63) is 29.8 Å². The molecule has 0 radical (unpaired) electrons. The average Bonchev–Trinajstić information content (AvgIpc) is 2.26. The molecule has 0 saturated heterocycles. The fraction of sp³-hybridized carbons (Fsp3) is 0.600. The molecule has 0 aliphatic carbocycles. The maximum atomic E-state index is 12.4. The quantitative estimate of drug-likeness (QED) is 0.798. The molecule has 2 nitrogen and oxygen atoms in total. The smallest absolute Gasteiger partial charge is 0.179 e. The second-order valence-electron chi connectivity index (χ2n) is 6.04. The molecule has 0 aliphatic heterocycles. The summed E-state index contributed by atoms with van der Waals surface area (Å²) in [4.78, 5) is 0.427. The highest BCUT2D eigenvalue weighted by atomic mass is 32.2.